The molecule has 2 N–H and O–H groups in total. The third-order valence-corrected chi connectivity index (χ3v) is 5.34. The van der Waals surface area contributed by atoms with Gasteiger partial charge in [-0.05, 0) is 24.5 Å². The van der Waals surface area contributed by atoms with Gasteiger partial charge in [0.15, 0.2) is 5.65 Å². The zero-order valence-electron chi connectivity index (χ0n) is 15.9. The predicted octanol–water partition coefficient (Wildman–Crippen LogP) is 3.12. The van der Waals surface area contributed by atoms with Gasteiger partial charge in [-0.1, -0.05) is 25.7 Å². The molecular weight excluding hydrogens is 356 g/mol. The number of aromatic nitrogens is 4. The van der Waals surface area contributed by atoms with Crippen LogP contribution in [0.25, 0.3) is 11.0 Å². The fraction of sp³-hybridized carbons (Fsp3) is 0.500. The normalized spacial score (nSPS) is 14.6. The zero-order valence-corrected chi connectivity index (χ0v) is 15.9. The lowest BCUT2D eigenvalue weighted by atomic mass is 10.0. The average molecular weight is 382 g/mol. The number of rotatable bonds is 9. The Labute approximate surface area is 163 Å². The number of fused-ring (bicyclic) bond motifs is 1. The maximum atomic E-state index is 12.1. The lowest BCUT2D eigenvalue weighted by molar-refractivity contribution is -0.121. The summed E-state index contributed by atoms with van der Waals surface area (Å²) in [4.78, 5) is 20.7. The quantitative estimate of drug-likeness (QED) is 0.590. The summed E-state index contributed by atoms with van der Waals surface area (Å²) in [5, 5.41) is 11.5. The molecule has 1 amide bonds. The van der Waals surface area contributed by atoms with Crippen molar-refractivity contribution in [3.8, 4) is 0 Å². The summed E-state index contributed by atoms with van der Waals surface area (Å²) < 4.78 is 7.13. The van der Waals surface area contributed by atoms with E-state index in [1.165, 1.54) is 32.0 Å². The largest absolute Gasteiger partial charge is 0.467 e. The van der Waals surface area contributed by atoms with Crippen LogP contribution in [0.15, 0.2) is 35.3 Å². The summed E-state index contributed by atoms with van der Waals surface area (Å²) in [5.74, 6) is 2.41. The highest BCUT2D eigenvalue weighted by atomic mass is 16.3. The zero-order chi connectivity index (χ0) is 19.2. The van der Waals surface area contributed by atoms with E-state index < -0.39 is 0 Å². The van der Waals surface area contributed by atoms with Gasteiger partial charge in [0.25, 0.3) is 0 Å². The molecule has 0 unspecified atom stereocenters. The van der Waals surface area contributed by atoms with Crippen LogP contribution in [0.2, 0.25) is 0 Å². The van der Waals surface area contributed by atoms with Crippen molar-refractivity contribution in [1.82, 2.24) is 25.1 Å². The SMILES string of the molecule is O=C(CCC1CCCC1)NCCn1ncc2c(NCc3ccco3)ncnc21. The van der Waals surface area contributed by atoms with Gasteiger partial charge in [0, 0.05) is 13.0 Å². The minimum absolute atomic E-state index is 0.124. The van der Waals surface area contributed by atoms with Gasteiger partial charge in [-0.15, -0.1) is 0 Å². The van der Waals surface area contributed by atoms with Gasteiger partial charge in [-0.3, -0.25) is 4.79 Å². The molecule has 0 saturated heterocycles. The van der Waals surface area contributed by atoms with Crippen LogP contribution >= 0.6 is 0 Å². The second-order valence-corrected chi connectivity index (χ2v) is 7.30. The average Bonchev–Trinajstić information content (AvgIpc) is 3.47. The van der Waals surface area contributed by atoms with Crippen molar-refractivity contribution < 1.29 is 9.21 Å². The maximum Gasteiger partial charge on any atom is 0.220 e. The van der Waals surface area contributed by atoms with Gasteiger partial charge < -0.3 is 15.1 Å². The molecule has 0 spiro atoms. The van der Waals surface area contributed by atoms with E-state index in [0.29, 0.717) is 31.9 Å². The van der Waals surface area contributed by atoms with Crippen LogP contribution in [0.4, 0.5) is 5.82 Å². The highest BCUT2D eigenvalue weighted by Crippen LogP contribution is 2.28. The van der Waals surface area contributed by atoms with E-state index in [0.717, 1.165) is 29.1 Å². The molecule has 8 heteroatoms. The minimum Gasteiger partial charge on any atom is -0.467 e. The molecule has 3 aromatic rings. The molecule has 1 aliphatic rings. The van der Waals surface area contributed by atoms with Gasteiger partial charge in [0.1, 0.15) is 17.9 Å². The molecule has 0 bridgehead atoms. The van der Waals surface area contributed by atoms with E-state index in [2.05, 4.69) is 25.7 Å². The molecule has 1 saturated carbocycles. The Morgan fingerprint density at radius 3 is 3.00 bits per heavy atom. The van der Waals surface area contributed by atoms with Crippen LogP contribution in [0, 0.1) is 5.92 Å². The van der Waals surface area contributed by atoms with E-state index in [4.69, 9.17) is 4.42 Å². The van der Waals surface area contributed by atoms with Crippen molar-refractivity contribution in [1.29, 1.82) is 0 Å². The standard InChI is InChI=1S/C20H26N6O2/c27-18(8-7-15-4-1-2-5-15)21-9-10-26-20-17(13-25-26)19(23-14-24-20)22-12-16-6-3-11-28-16/h3,6,11,13-15H,1-2,4-5,7-10,12H2,(H,21,27)(H,22,23,24). The highest BCUT2D eigenvalue weighted by Gasteiger charge is 2.16. The smallest absolute Gasteiger partial charge is 0.220 e. The molecule has 0 aromatic carbocycles. The molecule has 4 rings (SSSR count). The first-order valence-electron chi connectivity index (χ1n) is 9.99. The van der Waals surface area contributed by atoms with E-state index in [1.54, 1.807) is 17.1 Å². The molecule has 0 atom stereocenters. The van der Waals surface area contributed by atoms with Crippen LogP contribution in [-0.2, 0) is 17.9 Å². The van der Waals surface area contributed by atoms with Crippen molar-refractivity contribution >= 4 is 22.8 Å². The fourth-order valence-corrected chi connectivity index (χ4v) is 3.81. The maximum absolute atomic E-state index is 12.1. The van der Waals surface area contributed by atoms with Crippen molar-refractivity contribution in [2.75, 3.05) is 11.9 Å². The number of nitrogens with one attached hydrogen (secondary N) is 2. The van der Waals surface area contributed by atoms with E-state index in [1.807, 2.05) is 12.1 Å². The summed E-state index contributed by atoms with van der Waals surface area (Å²) in [6.45, 7) is 1.66. The van der Waals surface area contributed by atoms with Crippen molar-refractivity contribution in [2.45, 2.75) is 51.6 Å². The lowest BCUT2D eigenvalue weighted by Gasteiger charge is -2.09. The summed E-state index contributed by atoms with van der Waals surface area (Å²) in [5.41, 5.74) is 0.747. The number of hydrogen-bond donors (Lipinski definition) is 2. The Hall–Kier alpha value is -2.90. The number of nitrogens with zero attached hydrogens (tertiary/aromatic N) is 4. The summed E-state index contributed by atoms with van der Waals surface area (Å²) in [6, 6.07) is 3.76. The van der Waals surface area contributed by atoms with Crippen LogP contribution < -0.4 is 10.6 Å². The molecule has 148 valence electrons. The van der Waals surface area contributed by atoms with Gasteiger partial charge in [0.2, 0.25) is 5.91 Å². The predicted molar refractivity (Wildman–Crippen MR) is 106 cm³/mol. The van der Waals surface area contributed by atoms with Crippen LogP contribution in [0.1, 0.15) is 44.3 Å². The number of anilines is 1. The molecule has 3 heterocycles. The number of carbonyl (C=O) groups excluding carboxylic acids is 1. The number of amides is 1. The molecule has 0 aliphatic heterocycles. The van der Waals surface area contributed by atoms with Crippen LogP contribution in [0.3, 0.4) is 0 Å². The Morgan fingerprint density at radius 1 is 1.29 bits per heavy atom. The molecule has 28 heavy (non-hydrogen) atoms. The number of hydrogen-bond acceptors (Lipinski definition) is 6. The first-order valence-corrected chi connectivity index (χ1v) is 9.99. The Bertz CT molecular complexity index is 899. The van der Waals surface area contributed by atoms with Gasteiger partial charge >= 0.3 is 0 Å². The Morgan fingerprint density at radius 2 is 2.18 bits per heavy atom. The summed E-state index contributed by atoms with van der Waals surface area (Å²) in [6.07, 6.45) is 11.7. The van der Waals surface area contributed by atoms with Crippen molar-refractivity contribution in [3.63, 3.8) is 0 Å². The lowest BCUT2D eigenvalue weighted by Crippen LogP contribution is -2.27. The second-order valence-electron chi connectivity index (χ2n) is 7.30. The third-order valence-electron chi connectivity index (χ3n) is 5.34. The van der Waals surface area contributed by atoms with E-state index in [9.17, 15) is 4.79 Å². The van der Waals surface area contributed by atoms with Crippen molar-refractivity contribution in [3.05, 3.63) is 36.7 Å². The summed E-state index contributed by atoms with van der Waals surface area (Å²) >= 11 is 0. The molecular formula is C20H26N6O2. The first kappa shape index (κ1) is 18.5. The highest BCUT2D eigenvalue weighted by molar-refractivity contribution is 5.86. The van der Waals surface area contributed by atoms with Gasteiger partial charge in [0.05, 0.1) is 30.9 Å². The molecule has 1 fully saturated rings. The molecule has 8 nitrogen and oxygen atoms in total. The molecule has 0 radical (unpaired) electrons. The van der Waals surface area contributed by atoms with E-state index in [-0.39, 0.29) is 5.91 Å². The monoisotopic (exact) mass is 382 g/mol. The van der Waals surface area contributed by atoms with Crippen LogP contribution in [-0.4, -0.2) is 32.2 Å². The Kier molecular flexibility index (Phi) is 5.84. The third kappa shape index (κ3) is 4.49. The first-order chi connectivity index (χ1) is 13.8. The Balaban J connectivity index is 1.29. The van der Waals surface area contributed by atoms with Gasteiger partial charge in [-0.2, -0.15) is 5.10 Å². The number of furan rings is 1. The molecule has 3 aromatic heterocycles. The summed E-state index contributed by atoms with van der Waals surface area (Å²) in [7, 11) is 0. The second kappa shape index (κ2) is 8.86. The fourth-order valence-electron chi connectivity index (χ4n) is 3.81. The van der Waals surface area contributed by atoms with Crippen molar-refractivity contribution in [2.24, 2.45) is 5.92 Å². The van der Waals surface area contributed by atoms with E-state index >= 15 is 0 Å². The van der Waals surface area contributed by atoms with Crippen LogP contribution in [0.5, 0.6) is 0 Å². The van der Waals surface area contributed by atoms with Gasteiger partial charge in [-0.25, -0.2) is 14.6 Å². The molecule has 1 aliphatic carbocycles. The topological polar surface area (TPSA) is 97.9 Å². The number of carbonyl (C=O) groups is 1. The minimum atomic E-state index is 0.124.